The highest BCUT2D eigenvalue weighted by atomic mass is 16.7. The van der Waals surface area contributed by atoms with Crippen LogP contribution in [-0.2, 0) is 28.4 Å². The Hall–Kier alpha value is -1.33. The number of rotatable bonds is 11. The van der Waals surface area contributed by atoms with E-state index >= 15 is 0 Å². The summed E-state index contributed by atoms with van der Waals surface area (Å²) in [5.74, 6) is 0. The second-order valence-electron chi connectivity index (χ2n) is 9.22. The lowest BCUT2D eigenvalue weighted by atomic mass is 9.98. The maximum absolute atomic E-state index is 10.3. The van der Waals surface area contributed by atoms with E-state index in [4.69, 9.17) is 34.0 Å². The van der Waals surface area contributed by atoms with Crippen LogP contribution in [0.25, 0.3) is 10.4 Å². The largest absolute Gasteiger partial charge is 0.394 e. The van der Waals surface area contributed by atoms with Crippen LogP contribution in [-0.4, -0.2) is 176 Å². The summed E-state index contributed by atoms with van der Waals surface area (Å²) in [7, 11) is 0. The fraction of sp³-hybridized carbons (Fsp3) is 1.00. The highest BCUT2D eigenvalue weighted by Crippen LogP contribution is 2.28. The summed E-state index contributed by atoms with van der Waals surface area (Å²) in [4.78, 5) is 2.54. The Balaban J connectivity index is 1.58. The van der Waals surface area contributed by atoms with E-state index in [2.05, 4.69) is 10.0 Å². The predicted octanol–water partition coefficient (Wildman–Crippen LogP) is -6.24. The van der Waals surface area contributed by atoms with Gasteiger partial charge >= 0.3 is 0 Å². The third kappa shape index (κ3) is 7.50. The van der Waals surface area contributed by atoms with E-state index in [0.29, 0.717) is 0 Å². The molecule has 0 radical (unpaired) electrons. The summed E-state index contributed by atoms with van der Waals surface area (Å²) in [6.07, 6.45) is -24.0. The van der Waals surface area contributed by atoms with Gasteiger partial charge in [-0.05, 0) is 5.53 Å². The maximum atomic E-state index is 10.3. The van der Waals surface area contributed by atoms with E-state index in [1.807, 2.05) is 0 Å². The summed E-state index contributed by atoms with van der Waals surface area (Å²) in [6, 6.07) is 0. The second-order valence-corrected chi connectivity index (χ2v) is 9.22. The highest BCUT2D eigenvalue weighted by molar-refractivity contribution is 4.93. The molecule has 0 bridgehead atoms. The van der Waals surface area contributed by atoms with Crippen molar-refractivity contribution >= 4 is 0 Å². The van der Waals surface area contributed by atoms with Gasteiger partial charge in [0.15, 0.2) is 18.9 Å². The molecule has 0 aromatic heterocycles. The van der Waals surface area contributed by atoms with Crippen LogP contribution in [0.4, 0.5) is 0 Å². The molecule has 0 aliphatic carbocycles. The van der Waals surface area contributed by atoms with Gasteiger partial charge in [0, 0.05) is 11.5 Å². The maximum Gasteiger partial charge on any atom is 0.186 e. The number of aliphatic hydroxyl groups is 10. The van der Waals surface area contributed by atoms with Gasteiger partial charge in [0.25, 0.3) is 0 Å². The Bertz CT molecular complexity index is 807. The minimum absolute atomic E-state index is 0.0994. The lowest BCUT2D eigenvalue weighted by molar-refractivity contribution is -0.342. The van der Waals surface area contributed by atoms with Crippen LogP contribution in [0.5, 0.6) is 0 Å². The van der Waals surface area contributed by atoms with E-state index in [1.54, 1.807) is 0 Å². The van der Waals surface area contributed by atoms with Crippen molar-refractivity contribution in [1.29, 1.82) is 0 Å². The molecule has 0 amide bonds. The Morgan fingerprint density at radius 3 is 1.36 bits per heavy atom. The number of nitrogens with zero attached hydrogens (tertiary/aromatic N) is 3. The molecule has 226 valence electrons. The zero-order chi connectivity index (χ0) is 28.9. The van der Waals surface area contributed by atoms with E-state index in [0.717, 1.165) is 0 Å². The van der Waals surface area contributed by atoms with Crippen molar-refractivity contribution in [2.45, 2.75) is 92.1 Å². The molecule has 3 rings (SSSR count). The Kier molecular flexibility index (Phi) is 12.0. The zero-order valence-corrected chi connectivity index (χ0v) is 20.5. The molecule has 0 spiro atoms. The van der Waals surface area contributed by atoms with Crippen LogP contribution in [0.15, 0.2) is 5.11 Å². The monoisotopic (exact) mass is 573 g/mol. The number of hydrogen-bond donors (Lipinski definition) is 10. The standard InChI is InChI=1S/C20H35N3O16/c21-23-22-1-2-34-18-15(31)13(29)10(26)7(38-18)4-36-20-17(33)14(30)11(27)8(39-20)5-35-19-16(32)12(28)9(25)6(3-24)37-19/h6-20,24-33H,1-5H2/t6-,7-,8-,9-,10-,11-,12+,13+,14+,15-,16-,17-,18-,19-,20-/m1/s1. The summed E-state index contributed by atoms with van der Waals surface area (Å²) in [5, 5.41) is 104. The Labute approximate surface area is 220 Å². The highest BCUT2D eigenvalue weighted by Gasteiger charge is 2.49. The van der Waals surface area contributed by atoms with Crippen molar-refractivity contribution in [2.75, 3.05) is 33.0 Å². The van der Waals surface area contributed by atoms with Gasteiger partial charge in [-0.2, -0.15) is 0 Å². The summed E-state index contributed by atoms with van der Waals surface area (Å²) < 4.78 is 32.1. The number of ether oxygens (including phenoxy) is 6. The van der Waals surface area contributed by atoms with Gasteiger partial charge in [-0.3, -0.25) is 0 Å². The molecule has 0 unspecified atom stereocenters. The molecular formula is C20H35N3O16. The topological polar surface area (TPSA) is 306 Å². The van der Waals surface area contributed by atoms with Crippen molar-refractivity contribution in [2.24, 2.45) is 5.11 Å². The molecule has 19 heteroatoms. The average Bonchev–Trinajstić information content (AvgIpc) is 2.93. The van der Waals surface area contributed by atoms with Gasteiger partial charge in [0.05, 0.1) is 26.4 Å². The number of azide groups is 1. The van der Waals surface area contributed by atoms with Crippen LogP contribution >= 0.6 is 0 Å². The van der Waals surface area contributed by atoms with Crippen LogP contribution in [0.1, 0.15) is 0 Å². The fourth-order valence-corrected chi connectivity index (χ4v) is 4.22. The average molecular weight is 574 g/mol. The SMILES string of the molecule is [N-]=[N+]=NCCO[C@@H]1O[C@H](CO[C@@H]2O[C@H](CO[C@@H]3O[C@H](CO)[C@@H](O)[C@H](O)[C@H]3O)[C@@H](O)[C@H](O)[C@H]2O)[C@@H](O)[C@H](O)[C@H]1O. The van der Waals surface area contributed by atoms with Crippen LogP contribution in [0.3, 0.4) is 0 Å². The first kappa shape index (κ1) is 32.2. The lowest BCUT2D eigenvalue weighted by Gasteiger charge is -2.43. The molecule has 0 aromatic rings. The van der Waals surface area contributed by atoms with Crippen molar-refractivity contribution in [1.82, 2.24) is 0 Å². The van der Waals surface area contributed by atoms with Crippen molar-refractivity contribution < 1.29 is 79.5 Å². The molecule has 3 aliphatic rings. The Morgan fingerprint density at radius 1 is 0.564 bits per heavy atom. The van der Waals surface area contributed by atoms with Crippen LogP contribution < -0.4 is 0 Å². The third-order valence-electron chi connectivity index (χ3n) is 6.57. The third-order valence-corrected chi connectivity index (χ3v) is 6.57. The second kappa shape index (κ2) is 14.5. The number of hydrogen-bond acceptors (Lipinski definition) is 17. The summed E-state index contributed by atoms with van der Waals surface area (Å²) in [6.45, 7) is -2.12. The van der Waals surface area contributed by atoms with Gasteiger partial charge < -0.3 is 79.5 Å². The van der Waals surface area contributed by atoms with E-state index in [1.165, 1.54) is 0 Å². The van der Waals surface area contributed by atoms with Crippen molar-refractivity contribution in [3.05, 3.63) is 10.4 Å². The van der Waals surface area contributed by atoms with Gasteiger partial charge in [-0.1, -0.05) is 5.11 Å². The summed E-state index contributed by atoms with van der Waals surface area (Å²) in [5.41, 5.74) is 8.31. The molecule has 0 aromatic carbocycles. The van der Waals surface area contributed by atoms with Crippen LogP contribution in [0, 0.1) is 0 Å². The first-order chi connectivity index (χ1) is 18.5. The van der Waals surface area contributed by atoms with Gasteiger partial charge in [0.1, 0.15) is 73.2 Å². The molecular weight excluding hydrogens is 538 g/mol. The first-order valence-electron chi connectivity index (χ1n) is 12.1. The molecule has 3 saturated heterocycles. The van der Waals surface area contributed by atoms with E-state index in [9.17, 15) is 51.1 Å². The fourth-order valence-electron chi connectivity index (χ4n) is 4.22. The van der Waals surface area contributed by atoms with Crippen LogP contribution in [0.2, 0.25) is 0 Å². The predicted molar refractivity (Wildman–Crippen MR) is 119 cm³/mol. The van der Waals surface area contributed by atoms with E-state index < -0.39 is 112 Å². The van der Waals surface area contributed by atoms with Crippen molar-refractivity contribution in [3.63, 3.8) is 0 Å². The molecule has 3 heterocycles. The van der Waals surface area contributed by atoms with Gasteiger partial charge in [-0.25, -0.2) is 0 Å². The molecule has 19 nitrogen and oxygen atoms in total. The molecule has 3 fully saturated rings. The molecule has 39 heavy (non-hydrogen) atoms. The first-order valence-corrected chi connectivity index (χ1v) is 12.1. The molecule has 3 aliphatic heterocycles. The normalized spacial score (nSPS) is 47.0. The van der Waals surface area contributed by atoms with Crippen molar-refractivity contribution in [3.8, 4) is 0 Å². The zero-order valence-electron chi connectivity index (χ0n) is 20.5. The lowest BCUT2D eigenvalue weighted by Crippen LogP contribution is -2.62. The molecule has 10 N–H and O–H groups in total. The minimum atomic E-state index is -1.81. The van der Waals surface area contributed by atoms with E-state index in [-0.39, 0.29) is 13.2 Å². The Morgan fingerprint density at radius 2 is 0.949 bits per heavy atom. The number of aliphatic hydroxyl groups excluding tert-OH is 10. The molecule has 0 saturated carbocycles. The minimum Gasteiger partial charge on any atom is -0.394 e. The quantitative estimate of drug-likeness (QED) is 0.0475. The van der Waals surface area contributed by atoms with Gasteiger partial charge in [-0.15, -0.1) is 0 Å². The summed E-state index contributed by atoms with van der Waals surface area (Å²) >= 11 is 0. The molecule has 15 atom stereocenters. The smallest absolute Gasteiger partial charge is 0.186 e. The van der Waals surface area contributed by atoms with Gasteiger partial charge in [0.2, 0.25) is 0 Å².